The van der Waals surface area contributed by atoms with Crippen LogP contribution in [0.3, 0.4) is 0 Å². The van der Waals surface area contributed by atoms with Gasteiger partial charge in [-0.05, 0) is 12.5 Å². The van der Waals surface area contributed by atoms with Crippen LogP contribution in [-0.4, -0.2) is 32.4 Å². The first-order chi connectivity index (χ1) is 9.73. The zero-order valence-corrected chi connectivity index (χ0v) is 13.2. The third kappa shape index (κ3) is 2.48. The molecule has 0 saturated carbocycles. The summed E-state index contributed by atoms with van der Waals surface area (Å²) in [6, 6.07) is 6.85. The van der Waals surface area contributed by atoms with Crippen LogP contribution < -0.4 is 10.6 Å². The van der Waals surface area contributed by atoms with E-state index in [-0.39, 0.29) is 0 Å². The summed E-state index contributed by atoms with van der Waals surface area (Å²) in [5.74, 6) is -0.584. The molecule has 0 aromatic heterocycles. The molecule has 1 saturated heterocycles. The molecule has 1 aromatic rings. The Labute approximate surface area is 136 Å². The smallest absolute Gasteiger partial charge is 0.317 e. The number of aliphatic hydroxyl groups is 1. The Morgan fingerprint density at radius 2 is 1.90 bits per heavy atom. The van der Waals surface area contributed by atoms with Gasteiger partial charge >= 0.3 is 6.03 Å². The number of rotatable bonds is 3. The SMILES string of the molecule is CC(=O)C1(Cl)C(c2ccccc2)NC(=O)NC1(O)C(Cl)Cl. The van der Waals surface area contributed by atoms with Crippen LogP contribution in [0, 0.1) is 0 Å². The standard InChI is InChI=1S/C13H13Cl3N2O3/c1-7(19)12(16)9(8-5-3-2-4-6-8)17-11(20)18-13(12,21)10(14)15/h2-6,9-10,21H,1H3,(H2,17,18,20). The Morgan fingerprint density at radius 1 is 1.33 bits per heavy atom. The summed E-state index contributed by atoms with van der Waals surface area (Å²) >= 11 is 18.0. The topological polar surface area (TPSA) is 78.4 Å². The summed E-state index contributed by atoms with van der Waals surface area (Å²) in [6.45, 7) is 1.20. The minimum atomic E-state index is -2.31. The monoisotopic (exact) mass is 350 g/mol. The lowest BCUT2D eigenvalue weighted by Crippen LogP contribution is -2.77. The van der Waals surface area contributed by atoms with Crippen molar-refractivity contribution in [2.75, 3.05) is 0 Å². The van der Waals surface area contributed by atoms with Gasteiger partial charge in [-0.2, -0.15) is 0 Å². The minimum Gasteiger partial charge on any atom is -0.366 e. The molecular weight excluding hydrogens is 339 g/mol. The average molecular weight is 352 g/mol. The van der Waals surface area contributed by atoms with E-state index >= 15 is 0 Å². The number of ketones is 1. The van der Waals surface area contributed by atoms with Crippen LogP contribution in [0.25, 0.3) is 0 Å². The highest BCUT2D eigenvalue weighted by Crippen LogP contribution is 2.46. The number of hydrogen-bond acceptors (Lipinski definition) is 3. The Balaban J connectivity index is 2.62. The first kappa shape index (κ1) is 16.4. The van der Waals surface area contributed by atoms with Crippen LogP contribution in [0.4, 0.5) is 4.79 Å². The van der Waals surface area contributed by atoms with E-state index in [4.69, 9.17) is 34.8 Å². The number of hydrogen-bond donors (Lipinski definition) is 3. The van der Waals surface area contributed by atoms with Crippen molar-refractivity contribution in [1.29, 1.82) is 0 Å². The molecule has 5 nitrogen and oxygen atoms in total. The molecule has 0 radical (unpaired) electrons. The molecule has 114 valence electrons. The molecule has 1 aromatic carbocycles. The maximum absolute atomic E-state index is 12.1. The molecule has 0 bridgehead atoms. The summed E-state index contributed by atoms with van der Waals surface area (Å²) in [7, 11) is 0. The van der Waals surface area contributed by atoms with E-state index in [1.165, 1.54) is 6.92 Å². The van der Waals surface area contributed by atoms with E-state index in [0.29, 0.717) is 5.56 Å². The highest BCUT2D eigenvalue weighted by atomic mass is 35.5. The fraction of sp³-hybridized carbons (Fsp3) is 0.385. The number of amides is 2. The number of nitrogens with one attached hydrogen (secondary N) is 2. The van der Waals surface area contributed by atoms with E-state index in [9.17, 15) is 14.7 Å². The van der Waals surface area contributed by atoms with Gasteiger partial charge in [0.25, 0.3) is 0 Å². The van der Waals surface area contributed by atoms with Gasteiger partial charge in [0, 0.05) is 0 Å². The van der Waals surface area contributed by atoms with Crippen LogP contribution in [0.15, 0.2) is 30.3 Å². The Morgan fingerprint density at radius 3 is 2.38 bits per heavy atom. The van der Waals surface area contributed by atoms with Crippen molar-refractivity contribution >= 4 is 46.6 Å². The second-order valence-corrected chi connectivity index (χ2v) is 6.47. The van der Waals surface area contributed by atoms with E-state index in [2.05, 4.69) is 10.6 Å². The van der Waals surface area contributed by atoms with E-state index in [1.807, 2.05) is 0 Å². The Hall–Kier alpha value is -1.01. The van der Waals surface area contributed by atoms with E-state index in [1.54, 1.807) is 30.3 Å². The van der Waals surface area contributed by atoms with Crippen LogP contribution >= 0.6 is 34.8 Å². The molecule has 1 aliphatic rings. The van der Waals surface area contributed by atoms with Gasteiger partial charge in [-0.3, -0.25) is 4.79 Å². The van der Waals surface area contributed by atoms with Crippen LogP contribution in [-0.2, 0) is 4.79 Å². The summed E-state index contributed by atoms with van der Waals surface area (Å²) in [6.07, 6.45) is 0. The van der Waals surface area contributed by atoms with Gasteiger partial charge in [0.15, 0.2) is 21.2 Å². The molecule has 0 spiro atoms. The zero-order chi connectivity index (χ0) is 15.8. The summed E-state index contributed by atoms with van der Waals surface area (Å²) < 4.78 is 0. The van der Waals surface area contributed by atoms with Gasteiger partial charge in [0.05, 0.1) is 6.04 Å². The molecule has 3 atom stereocenters. The Kier molecular flexibility index (Phi) is 4.40. The normalized spacial score (nSPS) is 32.5. The molecule has 1 fully saturated rings. The molecule has 1 heterocycles. The quantitative estimate of drug-likeness (QED) is 0.730. The molecule has 21 heavy (non-hydrogen) atoms. The number of carbonyl (C=O) groups is 2. The average Bonchev–Trinajstić information content (AvgIpc) is 2.43. The molecule has 2 amide bonds. The van der Waals surface area contributed by atoms with Gasteiger partial charge in [-0.25, -0.2) is 4.79 Å². The first-order valence-electron chi connectivity index (χ1n) is 6.07. The third-order valence-electron chi connectivity index (χ3n) is 3.49. The fourth-order valence-corrected chi connectivity index (χ4v) is 3.30. The number of urea groups is 1. The van der Waals surface area contributed by atoms with Gasteiger partial charge in [-0.1, -0.05) is 53.5 Å². The van der Waals surface area contributed by atoms with Crippen molar-refractivity contribution in [3.05, 3.63) is 35.9 Å². The van der Waals surface area contributed by atoms with Crippen molar-refractivity contribution in [2.45, 2.75) is 28.4 Å². The largest absolute Gasteiger partial charge is 0.366 e. The summed E-state index contributed by atoms with van der Waals surface area (Å²) in [5.41, 5.74) is -1.77. The molecule has 3 unspecified atom stereocenters. The lowest BCUT2D eigenvalue weighted by atomic mass is 9.79. The van der Waals surface area contributed by atoms with Crippen molar-refractivity contribution in [2.24, 2.45) is 0 Å². The number of alkyl halides is 3. The van der Waals surface area contributed by atoms with Crippen LogP contribution in [0.1, 0.15) is 18.5 Å². The summed E-state index contributed by atoms with van der Waals surface area (Å²) in [4.78, 5) is 20.5. The van der Waals surface area contributed by atoms with Gasteiger partial charge in [0.1, 0.15) is 0 Å². The lowest BCUT2D eigenvalue weighted by Gasteiger charge is -2.50. The number of Topliss-reactive ketones (excluding diaryl/α,β-unsaturated/α-hetero) is 1. The van der Waals surface area contributed by atoms with Gasteiger partial charge < -0.3 is 15.7 Å². The molecule has 8 heteroatoms. The van der Waals surface area contributed by atoms with E-state index < -0.39 is 33.3 Å². The lowest BCUT2D eigenvalue weighted by molar-refractivity contribution is -0.131. The summed E-state index contributed by atoms with van der Waals surface area (Å²) in [5, 5.41) is 15.3. The van der Waals surface area contributed by atoms with Gasteiger partial charge in [-0.15, -0.1) is 11.6 Å². The maximum Gasteiger partial charge on any atom is 0.317 e. The number of carbonyl (C=O) groups excluding carboxylic acids is 2. The first-order valence-corrected chi connectivity index (χ1v) is 7.32. The highest BCUT2D eigenvalue weighted by Gasteiger charge is 2.65. The zero-order valence-electron chi connectivity index (χ0n) is 10.9. The molecule has 0 aliphatic carbocycles. The minimum absolute atomic E-state index is 0.546. The molecule has 3 N–H and O–H groups in total. The fourth-order valence-electron chi connectivity index (χ4n) is 2.39. The highest BCUT2D eigenvalue weighted by molar-refractivity contribution is 6.47. The van der Waals surface area contributed by atoms with Gasteiger partial charge in [0.2, 0.25) is 0 Å². The molecule has 2 rings (SSSR count). The second kappa shape index (κ2) is 5.65. The second-order valence-electron chi connectivity index (χ2n) is 4.78. The molecule has 1 aliphatic heterocycles. The van der Waals surface area contributed by atoms with E-state index in [0.717, 1.165) is 0 Å². The number of benzene rings is 1. The third-order valence-corrected chi connectivity index (χ3v) is 4.90. The maximum atomic E-state index is 12.1. The van der Waals surface area contributed by atoms with Crippen LogP contribution in [0.5, 0.6) is 0 Å². The van der Waals surface area contributed by atoms with Crippen molar-refractivity contribution in [3.63, 3.8) is 0 Å². The predicted octanol–water partition coefficient (Wildman–Crippen LogP) is 2.10. The predicted molar refractivity (Wildman–Crippen MR) is 80.6 cm³/mol. The van der Waals surface area contributed by atoms with Crippen molar-refractivity contribution in [1.82, 2.24) is 10.6 Å². The molecular formula is C13H13Cl3N2O3. The van der Waals surface area contributed by atoms with Crippen molar-refractivity contribution < 1.29 is 14.7 Å². The number of halogens is 3. The van der Waals surface area contributed by atoms with Crippen molar-refractivity contribution in [3.8, 4) is 0 Å². The Bertz CT molecular complexity index is 569. The van der Waals surface area contributed by atoms with Crippen LogP contribution in [0.2, 0.25) is 0 Å².